The zero-order valence-electron chi connectivity index (χ0n) is 13.4. The molecule has 1 aliphatic heterocycles. The lowest BCUT2D eigenvalue weighted by Gasteiger charge is -2.32. The standard InChI is InChI=1S/C18H23N3OS/c1-13(21-8-6-17-16(12-21)7-9-23-17)11-20-18(22)15-4-2-14(10-19)3-5-15/h2-5,7,9,13H,6,8,10-12,19H2,1H3,(H,20,22). The van der Waals surface area contributed by atoms with Crippen LogP contribution in [0.2, 0.25) is 0 Å². The normalized spacial score (nSPS) is 15.9. The van der Waals surface area contributed by atoms with E-state index in [-0.39, 0.29) is 5.91 Å². The number of carbonyl (C=O) groups is 1. The van der Waals surface area contributed by atoms with Crippen molar-refractivity contribution >= 4 is 17.2 Å². The van der Waals surface area contributed by atoms with Crippen molar-refractivity contribution in [1.82, 2.24) is 10.2 Å². The van der Waals surface area contributed by atoms with Crippen LogP contribution in [0.3, 0.4) is 0 Å². The number of carbonyl (C=O) groups excluding carboxylic acids is 1. The molecule has 3 rings (SSSR count). The average molecular weight is 329 g/mol. The van der Waals surface area contributed by atoms with Gasteiger partial charge in [0.2, 0.25) is 0 Å². The Labute approximate surface area is 141 Å². The van der Waals surface area contributed by atoms with Crippen LogP contribution in [-0.2, 0) is 19.5 Å². The van der Waals surface area contributed by atoms with E-state index in [2.05, 4.69) is 28.6 Å². The fraction of sp³-hybridized carbons (Fsp3) is 0.389. The quantitative estimate of drug-likeness (QED) is 0.885. The van der Waals surface area contributed by atoms with Crippen LogP contribution in [0, 0.1) is 0 Å². The molecule has 122 valence electrons. The Hall–Kier alpha value is -1.69. The first-order valence-electron chi connectivity index (χ1n) is 8.04. The molecule has 0 radical (unpaired) electrons. The van der Waals surface area contributed by atoms with Crippen molar-refractivity contribution in [3.8, 4) is 0 Å². The summed E-state index contributed by atoms with van der Waals surface area (Å²) in [6.07, 6.45) is 1.12. The van der Waals surface area contributed by atoms with Crippen molar-refractivity contribution in [3.05, 3.63) is 57.3 Å². The summed E-state index contributed by atoms with van der Waals surface area (Å²) in [6, 6.07) is 10.0. The zero-order valence-corrected chi connectivity index (χ0v) is 14.2. The minimum atomic E-state index is -0.0198. The molecule has 4 nitrogen and oxygen atoms in total. The molecule has 0 saturated heterocycles. The van der Waals surface area contributed by atoms with Crippen LogP contribution in [0.5, 0.6) is 0 Å². The molecule has 2 aromatic rings. The fourth-order valence-corrected chi connectivity index (χ4v) is 3.80. The Morgan fingerprint density at radius 2 is 2.13 bits per heavy atom. The number of benzene rings is 1. The molecular formula is C18H23N3OS. The van der Waals surface area contributed by atoms with Crippen LogP contribution >= 0.6 is 11.3 Å². The number of nitrogens with one attached hydrogen (secondary N) is 1. The summed E-state index contributed by atoms with van der Waals surface area (Å²) in [5, 5.41) is 5.21. The number of hydrogen-bond acceptors (Lipinski definition) is 4. The minimum Gasteiger partial charge on any atom is -0.350 e. The van der Waals surface area contributed by atoms with E-state index >= 15 is 0 Å². The Kier molecular flexibility index (Phi) is 5.10. The number of fused-ring (bicyclic) bond motifs is 1. The van der Waals surface area contributed by atoms with Crippen molar-refractivity contribution in [1.29, 1.82) is 0 Å². The molecule has 3 N–H and O–H groups in total. The van der Waals surface area contributed by atoms with Crippen molar-refractivity contribution in [3.63, 3.8) is 0 Å². The lowest BCUT2D eigenvalue weighted by atomic mass is 10.1. The molecule has 1 atom stereocenters. The minimum absolute atomic E-state index is 0.0198. The number of nitrogens with zero attached hydrogens (tertiary/aromatic N) is 1. The van der Waals surface area contributed by atoms with Gasteiger partial charge >= 0.3 is 0 Å². The van der Waals surface area contributed by atoms with E-state index in [1.165, 1.54) is 10.4 Å². The second-order valence-electron chi connectivity index (χ2n) is 6.05. The number of hydrogen-bond donors (Lipinski definition) is 2. The molecule has 5 heteroatoms. The van der Waals surface area contributed by atoms with Crippen LogP contribution in [-0.4, -0.2) is 29.9 Å². The van der Waals surface area contributed by atoms with Gasteiger partial charge in [-0.15, -0.1) is 11.3 Å². The number of amides is 1. The van der Waals surface area contributed by atoms with Crippen molar-refractivity contribution in [2.24, 2.45) is 5.73 Å². The summed E-state index contributed by atoms with van der Waals surface area (Å²) in [7, 11) is 0. The predicted molar refractivity (Wildman–Crippen MR) is 94.6 cm³/mol. The van der Waals surface area contributed by atoms with E-state index in [0.29, 0.717) is 24.7 Å². The van der Waals surface area contributed by atoms with Crippen molar-refractivity contribution in [2.75, 3.05) is 13.1 Å². The van der Waals surface area contributed by atoms with Gasteiger partial charge in [-0.25, -0.2) is 0 Å². The molecule has 1 aromatic carbocycles. The van der Waals surface area contributed by atoms with Crippen LogP contribution in [0.1, 0.15) is 33.3 Å². The molecule has 1 amide bonds. The Balaban J connectivity index is 1.52. The first-order chi connectivity index (χ1) is 11.2. The van der Waals surface area contributed by atoms with E-state index < -0.39 is 0 Å². The van der Waals surface area contributed by atoms with Gasteiger partial charge in [0.1, 0.15) is 0 Å². The molecule has 0 bridgehead atoms. The monoisotopic (exact) mass is 329 g/mol. The topological polar surface area (TPSA) is 58.4 Å². The summed E-state index contributed by atoms with van der Waals surface area (Å²) in [5.41, 5.74) is 8.74. The van der Waals surface area contributed by atoms with E-state index in [0.717, 1.165) is 25.1 Å². The Morgan fingerprint density at radius 3 is 2.87 bits per heavy atom. The van der Waals surface area contributed by atoms with Gasteiger partial charge in [-0.05, 0) is 48.1 Å². The predicted octanol–water partition coefficient (Wildman–Crippen LogP) is 2.38. The highest BCUT2D eigenvalue weighted by molar-refractivity contribution is 7.10. The molecule has 0 saturated carbocycles. The number of thiophene rings is 1. The highest BCUT2D eigenvalue weighted by Crippen LogP contribution is 2.24. The van der Waals surface area contributed by atoms with Gasteiger partial charge in [0.15, 0.2) is 0 Å². The van der Waals surface area contributed by atoms with Gasteiger partial charge < -0.3 is 11.1 Å². The van der Waals surface area contributed by atoms with Crippen molar-refractivity contribution in [2.45, 2.75) is 32.5 Å². The summed E-state index contributed by atoms with van der Waals surface area (Å²) in [6.45, 7) is 5.39. The molecule has 0 spiro atoms. The largest absolute Gasteiger partial charge is 0.350 e. The highest BCUT2D eigenvalue weighted by atomic mass is 32.1. The van der Waals surface area contributed by atoms with Crippen molar-refractivity contribution < 1.29 is 4.79 Å². The molecule has 2 heterocycles. The highest BCUT2D eigenvalue weighted by Gasteiger charge is 2.21. The molecule has 0 fully saturated rings. The summed E-state index contributed by atoms with van der Waals surface area (Å²) < 4.78 is 0. The summed E-state index contributed by atoms with van der Waals surface area (Å²) >= 11 is 1.85. The van der Waals surface area contributed by atoms with E-state index in [4.69, 9.17) is 5.73 Å². The number of nitrogens with two attached hydrogens (primary N) is 1. The first-order valence-corrected chi connectivity index (χ1v) is 8.92. The van der Waals surface area contributed by atoms with Crippen LogP contribution in [0.4, 0.5) is 0 Å². The summed E-state index contributed by atoms with van der Waals surface area (Å²) in [4.78, 5) is 16.2. The molecular weight excluding hydrogens is 306 g/mol. The van der Waals surface area contributed by atoms with E-state index in [1.54, 1.807) is 0 Å². The van der Waals surface area contributed by atoms with Gasteiger partial charge in [0.25, 0.3) is 5.91 Å². The first kappa shape index (κ1) is 16.2. The molecule has 1 unspecified atom stereocenters. The van der Waals surface area contributed by atoms with Gasteiger partial charge in [0, 0.05) is 42.7 Å². The smallest absolute Gasteiger partial charge is 0.251 e. The third kappa shape index (κ3) is 3.80. The maximum atomic E-state index is 12.2. The second kappa shape index (κ2) is 7.25. The lowest BCUT2D eigenvalue weighted by molar-refractivity contribution is 0.0932. The fourth-order valence-electron chi connectivity index (χ4n) is 2.91. The molecule has 0 aliphatic carbocycles. The Morgan fingerprint density at radius 1 is 1.35 bits per heavy atom. The Bertz CT molecular complexity index is 665. The third-order valence-corrected chi connectivity index (χ3v) is 5.49. The summed E-state index contributed by atoms with van der Waals surface area (Å²) in [5.74, 6) is -0.0198. The van der Waals surface area contributed by atoms with Gasteiger partial charge in [-0.2, -0.15) is 0 Å². The molecule has 23 heavy (non-hydrogen) atoms. The zero-order chi connectivity index (χ0) is 16.2. The maximum Gasteiger partial charge on any atom is 0.251 e. The molecule has 1 aliphatic rings. The van der Waals surface area contributed by atoms with Gasteiger partial charge in [0.05, 0.1) is 0 Å². The lowest BCUT2D eigenvalue weighted by Crippen LogP contribution is -2.44. The average Bonchev–Trinajstić information content (AvgIpc) is 3.07. The number of rotatable bonds is 5. The maximum absolute atomic E-state index is 12.2. The third-order valence-electron chi connectivity index (χ3n) is 4.47. The van der Waals surface area contributed by atoms with Gasteiger partial charge in [-0.1, -0.05) is 12.1 Å². The van der Waals surface area contributed by atoms with Gasteiger partial charge in [-0.3, -0.25) is 9.69 Å². The van der Waals surface area contributed by atoms with E-state index in [1.807, 2.05) is 35.6 Å². The van der Waals surface area contributed by atoms with E-state index in [9.17, 15) is 4.79 Å². The van der Waals surface area contributed by atoms with Crippen LogP contribution in [0.15, 0.2) is 35.7 Å². The SMILES string of the molecule is CC(CNC(=O)c1ccc(CN)cc1)N1CCc2sccc2C1. The molecule has 1 aromatic heterocycles. The van der Waals surface area contributed by atoms with Crippen LogP contribution < -0.4 is 11.1 Å². The van der Waals surface area contributed by atoms with Crippen LogP contribution in [0.25, 0.3) is 0 Å². The second-order valence-corrected chi connectivity index (χ2v) is 7.05.